The van der Waals surface area contributed by atoms with Crippen molar-refractivity contribution in [1.82, 2.24) is 0 Å². The van der Waals surface area contributed by atoms with Gasteiger partial charge >= 0.3 is 0 Å². The number of hydrogen-bond donors (Lipinski definition) is 0. The summed E-state index contributed by atoms with van der Waals surface area (Å²) in [5.41, 5.74) is 1.87. The lowest BCUT2D eigenvalue weighted by Crippen LogP contribution is -1.95. The van der Waals surface area contributed by atoms with E-state index in [1.807, 2.05) is 24.3 Å². The predicted molar refractivity (Wildman–Crippen MR) is 122 cm³/mol. The molecule has 0 saturated heterocycles. The molecule has 0 N–H and O–H groups in total. The zero-order valence-electron chi connectivity index (χ0n) is 16.9. The van der Waals surface area contributed by atoms with Crippen molar-refractivity contribution in [3.05, 3.63) is 35.4 Å². The van der Waals surface area contributed by atoms with Gasteiger partial charge in [0.25, 0.3) is 0 Å². The minimum Gasteiger partial charge on any atom is -0.497 e. The highest BCUT2D eigenvalue weighted by Gasteiger charge is 2.12. The molecule has 0 aliphatic heterocycles. The monoisotopic (exact) mass is 388 g/mol. The van der Waals surface area contributed by atoms with Gasteiger partial charge in [0.1, 0.15) is 11.5 Å². The van der Waals surface area contributed by atoms with Crippen LogP contribution in [0.25, 0.3) is 10.8 Å². The molecular formula is C22H28O2S2. The van der Waals surface area contributed by atoms with Crippen LogP contribution in [0, 0.1) is 22.3 Å². The van der Waals surface area contributed by atoms with Crippen molar-refractivity contribution in [3.8, 4) is 33.8 Å². The number of fused-ring (bicyclic) bond motifs is 1. The van der Waals surface area contributed by atoms with Gasteiger partial charge in [-0.15, -0.1) is 0 Å². The quantitative estimate of drug-likeness (QED) is 0.684. The second-order valence-electron chi connectivity index (χ2n) is 7.54. The van der Waals surface area contributed by atoms with E-state index in [2.05, 4.69) is 59.9 Å². The van der Waals surface area contributed by atoms with Crippen LogP contribution in [0.1, 0.15) is 11.1 Å². The Balaban J connectivity index is 2.85. The van der Waals surface area contributed by atoms with Crippen LogP contribution in [0.5, 0.6) is 11.5 Å². The highest BCUT2D eigenvalue weighted by atomic mass is 32.3. The largest absolute Gasteiger partial charge is 0.497 e. The molecule has 0 bridgehead atoms. The van der Waals surface area contributed by atoms with Gasteiger partial charge in [-0.25, -0.2) is 0 Å². The van der Waals surface area contributed by atoms with E-state index < -0.39 is 20.1 Å². The Kier molecular flexibility index (Phi) is 6.12. The topological polar surface area (TPSA) is 18.5 Å². The van der Waals surface area contributed by atoms with Gasteiger partial charge in [-0.1, -0.05) is 11.8 Å². The van der Waals surface area contributed by atoms with Crippen LogP contribution in [0.4, 0.5) is 0 Å². The van der Waals surface area contributed by atoms with Crippen LogP contribution in [0.3, 0.4) is 0 Å². The molecule has 0 spiro atoms. The Bertz CT molecular complexity index is 940. The van der Waals surface area contributed by atoms with E-state index in [9.17, 15) is 0 Å². The predicted octanol–water partition coefficient (Wildman–Crippen LogP) is 4.86. The molecule has 2 rings (SSSR count). The summed E-state index contributed by atoms with van der Waals surface area (Å²) in [6, 6.07) is 8.05. The fraction of sp³-hybridized carbons (Fsp3) is 0.364. The lowest BCUT2D eigenvalue weighted by molar-refractivity contribution is 0.413. The highest BCUT2D eigenvalue weighted by molar-refractivity contribution is 8.36. The van der Waals surface area contributed by atoms with Gasteiger partial charge < -0.3 is 9.47 Å². The first-order valence-corrected chi connectivity index (χ1v) is 13.9. The molecule has 0 radical (unpaired) electrons. The van der Waals surface area contributed by atoms with Crippen LogP contribution in [-0.4, -0.2) is 51.8 Å². The SMILES string of the molecule is COc1ccc2c(C#CS(C)(C)C)c(OC)cc(C#CS(C)(C)C)c2c1. The fourth-order valence-electron chi connectivity index (χ4n) is 2.31. The minimum atomic E-state index is -0.934. The average Bonchev–Trinajstić information content (AvgIpc) is 2.55. The first kappa shape index (κ1) is 20.4. The van der Waals surface area contributed by atoms with Crippen LogP contribution >= 0.6 is 20.1 Å². The molecule has 0 aromatic heterocycles. The van der Waals surface area contributed by atoms with Crippen molar-refractivity contribution in [2.45, 2.75) is 0 Å². The third kappa shape index (κ3) is 5.31. The van der Waals surface area contributed by atoms with Crippen molar-refractivity contribution in [2.75, 3.05) is 51.8 Å². The molecule has 2 aromatic carbocycles. The van der Waals surface area contributed by atoms with Crippen molar-refractivity contribution in [3.63, 3.8) is 0 Å². The van der Waals surface area contributed by atoms with Crippen molar-refractivity contribution in [2.24, 2.45) is 0 Å². The molecule has 0 aliphatic carbocycles. The van der Waals surface area contributed by atoms with Gasteiger partial charge in [0.05, 0.1) is 19.8 Å². The number of benzene rings is 2. The zero-order chi connectivity index (χ0) is 19.5. The summed E-state index contributed by atoms with van der Waals surface area (Å²) in [5, 5.41) is 8.90. The second-order valence-corrected chi connectivity index (χ2v) is 15.3. The summed E-state index contributed by atoms with van der Waals surface area (Å²) in [7, 11) is 1.51. The third-order valence-electron chi connectivity index (χ3n) is 3.50. The summed E-state index contributed by atoms with van der Waals surface area (Å²) in [5.74, 6) is 8.31. The van der Waals surface area contributed by atoms with Gasteiger partial charge in [0.2, 0.25) is 0 Å². The van der Waals surface area contributed by atoms with Crippen LogP contribution in [0.15, 0.2) is 24.3 Å². The molecule has 0 fully saturated rings. The van der Waals surface area contributed by atoms with E-state index in [0.29, 0.717) is 0 Å². The molecule has 26 heavy (non-hydrogen) atoms. The van der Waals surface area contributed by atoms with Gasteiger partial charge in [-0.3, -0.25) is 0 Å². The Morgan fingerprint density at radius 3 is 1.88 bits per heavy atom. The van der Waals surface area contributed by atoms with Gasteiger partial charge in [-0.05, 0) is 72.3 Å². The fourth-order valence-corrected chi connectivity index (χ4v) is 3.13. The average molecular weight is 389 g/mol. The molecule has 0 atom stereocenters. The molecule has 0 unspecified atom stereocenters. The van der Waals surface area contributed by atoms with Crippen LogP contribution < -0.4 is 9.47 Å². The summed E-state index contributed by atoms with van der Waals surface area (Å²) in [4.78, 5) is 0. The van der Waals surface area contributed by atoms with Crippen molar-refractivity contribution in [1.29, 1.82) is 0 Å². The summed E-state index contributed by atoms with van der Waals surface area (Å²) in [6.45, 7) is 0. The molecule has 0 amide bonds. The lowest BCUT2D eigenvalue weighted by Gasteiger charge is -2.17. The Morgan fingerprint density at radius 2 is 1.35 bits per heavy atom. The molecular weight excluding hydrogens is 360 g/mol. The highest BCUT2D eigenvalue weighted by Crippen LogP contribution is 2.37. The first-order chi connectivity index (χ1) is 12.0. The molecule has 0 heterocycles. The number of ether oxygens (including phenoxy) is 2. The van der Waals surface area contributed by atoms with Gasteiger partial charge in [0, 0.05) is 16.3 Å². The van der Waals surface area contributed by atoms with E-state index in [4.69, 9.17) is 9.47 Å². The number of methoxy groups -OCH3 is 2. The number of hydrogen-bond acceptors (Lipinski definition) is 2. The van der Waals surface area contributed by atoms with Crippen LogP contribution in [-0.2, 0) is 0 Å². The Morgan fingerprint density at radius 1 is 0.731 bits per heavy atom. The summed E-state index contributed by atoms with van der Waals surface area (Å²) >= 11 is 0. The van der Waals surface area contributed by atoms with Gasteiger partial charge in [0.15, 0.2) is 0 Å². The maximum absolute atomic E-state index is 5.66. The van der Waals surface area contributed by atoms with Crippen molar-refractivity contribution >= 4 is 30.8 Å². The van der Waals surface area contributed by atoms with E-state index >= 15 is 0 Å². The molecule has 0 saturated carbocycles. The zero-order valence-corrected chi connectivity index (χ0v) is 18.6. The maximum atomic E-state index is 5.66. The van der Waals surface area contributed by atoms with E-state index in [1.54, 1.807) is 14.2 Å². The third-order valence-corrected chi connectivity index (χ3v) is 4.93. The number of rotatable bonds is 2. The van der Waals surface area contributed by atoms with Gasteiger partial charge in [-0.2, -0.15) is 20.1 Å². The van der Waals surface area contributed by atoms with E-state index in [0.717, 1.165) is 33.4 Å². The second kappa shape index (κ2) is 7.78. The smallest absolute Gasteiger partial charge is 0.136 e. The first-order valence-electron chi connectivity index (χ1n) is 8.15. The summed E-state index contributed by atoms with van der Waals surface area (Å²) in [6.07, 6.45) is 13.1. The molecule has 0 aliphatic rings. The Labute approximate surface area is 161 Å². The molecule has 2 nitrogen and oxygen atoms in total. The normalized spacial score (nSPS) is 12.5. The van der Waals surface area contributed by atoms with Crippen LogP contribution in [0.2, 0.25) is 0 Å². The lowest BCUT2D eigenvalue weighted by atomic mass is 9.98. The summed E-state index contributed by atoms with van der Waals surface area (Å²) < 4.78 is 11.1. The standard InChI is InChI=1S/C22H28O2S2/c1-23-18-9-10-19-20(12-14-26(6,7)8)22(24-2)15-17(21(19)16-18)11-13-25(3,4)5/h9-10,15-16H,1-8H3. The molecule has 2 aromatic rings. The Hall–Kier alpha value is -1.88. The maximum Gasteiger partial charge on any atom is 0.136 e. The molecule has 140 valence electrons. The minimum absolute atomic E-state index is 0.770. The van der Waals surface area contributed by atoms with E-state index in [-0.39, 0.29) is 0 Å². The van der Waals surface area contributed by atoms with Crippen molar-refractivity contribution < 1.29 is 9.47 Å². The van der Waals surface area contributed by atoms with E-state index in [1.165, 1.54) is 0 Å². The molecule has 4 heteroatoms.